The Balaban J connectivity index is 0. The van der Waals surface area contributed by atoms with Gasteiger partial charge in [0.2, 0.25) is 0 Å². The van der Waals surface area contributed by atoms with Gasteiger partial charge in [-0.15, -0.1) is 0 Å². The Hall–Kier alpha value is -1.06. The molecule has 0 aromatic heterocycles. The molecule has 0 spiro atoms. The molecule has 0 aromatic rings. The monoisotopic (exact) mass is 176 g/mol. The first-order valence-electron chi connectivity index (χ1n) is 3.92. The molecule has 4 nitrogen and oxygen atoms in total. The van der Waals surface area contributed by atoms with Gasteiger partial charge < -0.3 is 10.2 Å². The van der Waals surface area contributed by atoms with Gasteiger partial charge in [0, 0.05) is 13.3 Å². The number of unbranched alkanes of at least 4 members (excludes halogenated alkanes) is 2. The highest BCUT2D eigenvalue weighted by Gasteiger charge is 1.92. The SMILES string of the molecule is CC(=O)O.CCCCCC(=O)O. The van der Waals surface area contributed by atoms with Crippen molar-refractivity contribution in [3.63, 3.8) is 0 Å². The van der Waals surface area contributed by atoms with E-state index in [0.29, 0.717) is 6.42 Å². The van der Waals surface area contributed by atoms with Gasteiger partial charge in [-0.05, 0) is 6.42 Å². The van der Waals surface area contributed by atoms with E-state index in [0.717, 1.165) is 26.2 Å². The molecule has 0 saturated carbocycles. The van der Waals surface area contributed by atoms with Crippen molar-refractivity contribution in [1.82, 2.24) is 0 Å². The van der Waals surface area contributed by atoms with E-state index in [4.69, 9.17) is 15.0 Å². The van der Waals surface area contributed by atoms with E-state index in [1.165, 1.54) is 0 Å². The van der Waals surface area contributed by atoms with E-state index in [2.05, 4.69) is 6.92 Å². The molecule has 0 unspecified atom stereocenters. The standard InChI is InChI=1S/C6H12O2.C2H4O2/c1-2-3-4-5-6(7)8;1-2(3)4/h2-5H2,1H3,(H,7,8);1H3,(H,3,4). The Morgan fingerprint density at radius 1 is 1.17 bits per heavy atom. The lowest BCUT2D eigenvalue weighted by Crippen LogP contribution is -1.92. The predicted molar refractivity (Wildman–Crippen MR) is 45.1 cm³/mol. The average molecular weight is 176 g/mol. The molecule has 0 heterocycles. The van der Waals surface area contributed by atoms with Gasteiger partial charge in [0.15, 0.2) is 0 Å². The van der Waals surface area contributed by atoms with Gasteiger partial charge >= 0.3 is 5.97 Å². The molecule has 0 atom stereocenters. The number of hydrogen-bond donors (Lipinski definition) is 2. The Kier molecular flexibility index (Phi) is 11.2. The summed E-state index contributed by atoms with van der Waals surface area (Å²) >= 11 is 0. The first-order valence-corrected chi connectivity index (χ1v) is 3.92. The number of carboxylic acid groups (broad SMARTS) is 2. The highest BCUT2D eigenvalue weighted by molar-refractivity contribution is 5.66. The van der Waals surface area contributed by atoms with Crippen LogP contribution in [0.3, 0.4) is 0 Å². The fraction of sp³-hybridized carbons (Fsp3) is 0.750. The summed E-state index contributed by atoms with van der Waals surface area (Å²) in [6.07, 6.45) is 3.28. The van der Waals surface area contributed by atoms with E-state index in [9.17, 15) is 4.79 Å². The normalized spacial score (nSPS) is 8.17. The first kappa shape index (κ1) is 13.5. The molecule has 12 heavy (non-hydrogen) atoms. The van der Waals surface area contributed by atoms with Gasteiger partial charge in [0.05, 0.1) is 0 Å². The number of rotatable bonds is 4. The van der Waals surface area contributed by atoms with Crippen molar-refractivity contribution in [3.8, 4) is 0 Å². The molecule has 4 heteroatoms. The largest absolute Gasteiger partial charge is 0.481 e. The van der Waals surface area contributed by atoms with Crippen molar-refractivity contribution in [1.29, 1.82) is 0 Å². The molecule has 0 amide bonds. The third-order valence-corrected chi connectivity index (χ3v) is 0.994. The van der Waals surface area contributed by atoms with E-state index in [1.54, 1.807) is 0 Å². The Morgan fingerprint density at radius 3 is 1.83 bits per heavy atom. The summed E-state index contributed by atoms with van der Waals surface area (Å²) in [7, 11) is 0. The van der Waals surface area contributed by atoms with Crippen LogP contribution in [0, 0.1) is 0 Å². The van der Waals surface area contributed by atoms with Crippen molar-refractivity contribution < 1.29 is 19.8 Å². The number of aliphatic carboxylic acids is 2. The zero-order valence-corrected chi connectivity index (χ0v) is 7.54. The maximum Gasteiger partial charge on any atom is 0.303 e. The van der Waals surface area contributed by atoms with Crippen LogP contribution in [0.2, 0.25) is 0 Å². The maximum absolute atomic E-state index is 9.87. The molecular formula is C8H16O4. The van der Waals surface area contributed by atoms with Crippen LogP contribution in [0.15, 0.2) is 0 Å². The van der Waals surface area contributed by atoms with Crippen molar-refractivity contribution >= 4 is 11.9 Å². The second kappa shape index (κ2) is 9.94. The third kappa shape index (κ3) is 36.3. The summed E-state index contributed by atoms with van der Waals surface area (Å²) < 4.78 is 0. The minimum absolute atomic E-state index is 0.327. The van der Waals surface area contributed by atoms with E-state index in [-0.39, 0.29) is 0 Å². The van der Waals surface area contributed by atoms with Crippen LogP contribution in [-0.4, -0.2) is 22.2 Å². The summed E-state index contributed by atoms with van der Waals surface area (Å²) in [5.74, 6) is -1.52. The summed E-state index contributed by atoms with van der Waals surface area (Å²) in [4.78, 5) is 18.9. The lowest BCUT2D eigenvalue weighted by molar-refractivity contribution is -0.137. The molecule has 0 aliphatic rings. The molecule has 0 aliphatic carbocycles. The molecule has 0 radical (unpaired) electrons. The van der Waals surface area contributed by atoms with Crippen LogP contribution in [0.5, 0.6) is 0 Å². The molecule has 0 rings (SSSR count). The number of carboxylic acids is 2. The summed E-state index contributed by atoms with van der Waals surface area (Å²) in [5, 5.41) is 15.6. The smallest absolute Gasteiger partial charge is 0.303 e. The molecule has 0 aromatic carbocycles. The zero-order valence-electron chi connectivity index (χ0n) is 7.54. The summed E-state index contributed by atoms with van der Waals surface area (Å²) in [5.41, 5.74) is 0. The summed E-state index contributed by atoms with van der Waals surface area (Å²) in [6.45, 7) is 3.14. The van der Waals surface area contributed by atoms with Gasteiger partial charge in [0.1, 0.15) is 0 Å². The highest BCUT2D eigenvalue weighted by atomic mass is 16.4. The second-order valence-electron chi connectivity index (χ2n) is 2.37. The van der Waals surface area contributed by atoms with Crippen molar-refractivity contribution in [3.05, 3.63) is 0 Å². The third-order valence-electron chi connectivity index (χ3n) is 0.994. The minimum atomic E-state index is -0.833. The lowest BCUT2D eigenvalue weighted by atomic mass is 10.2. The van der Waals surface area contributed by atoms with Crippen molar-refractivity contribution in [2.45, 2.75) is 39.5 Å². The fourth-order valence-corrected chi connectivity index (χ4v) is 0.526. The molecule has 0 bridgehead atoms. The van der Waals surface area contributed by atoms with Crippen LogP contribution in [0.25, 0.3) is 0 Å². The predicted octanol–water partition coefficient (Wildman–Crippen LogP) is 1.74. The van der Waals surface area contributed by atoms with E-state index >= 15 is 0 Å². The van der Waals surface area contributed by atoms with Gasteiger partial charge in [0.25, 0.3) is 5.97 Å². The van der Waals surface area contributed by atoms with Crippen LogP contribution in [0.4, 0.5) is 0 Å². The topological polar surface area (TPSA) is 74.6 Å². The Bertz CT molecular complexity index is 127. The van der Waals surface area contributed by atoms with Crippen LogP contribution >= 0.6 is 0 Å². The highest BCUT2D eigenvalue weighted by Crippen LogP contribution is 1.97. The molecule has 72 valence electrons. The lowest BCUT2D eigenvalue weighted by Gasteiger charge is -1.89. The Morgan fingerprint density at radius 2 is 1.58 bits per heavy atom. The van der Waals surface area contributed by atoms with Gasteiger partial charge in [-0.25, -0.2) is 0 Å². The van der Waals surface area contributed by atoms with Crippen molar-refractivity contribution in [2.24, 2.45) is 0 Å². The fourth-order valence-electron chi connectivity index (χ4n) is 0.526. The Labute approximate surface area is 72.2 Å². The minimum Gasteiger partial charge on any atom is -0.481 e. The first-order chi connectivity index (χ1) is 5.50. The van der Waals surface area contributed by atoms with Crippen molar-refractivity contribution in [2.75, 3.05) is 0 Å². The zero-order chi connectivity index (χ0) is 9.98. The molecule has 0 aliphatic heterocycles. The molecule has 0 fully saturated rings. The van der Waals surface area contributed by atoms with Crippen LogP contribution < -0.4 is 0 Å². The molecular weight excluding hydrogens is 160 g/mol. The molecule has 2 N–H and O–H groups in total. The van der Waals surface area contributed by atoms with E-state index < -0.39 is 11.9 Å². The maximum atomic E-state index is 9.87. The van der Waals surface area contributed by atoms with Gasteiger partial charge in [-0.3, -0.25) is 9.59 Å². The van der Waals surface area contributed by atoms with E-state index in [1.807, 2.05) is 0 Å². The second-order valence-corrected chi connectivity index (χ2v) is 2.37. The quantitative estimate of drug-likeness (QED) is 0.640. The average Bonchev–Trinajstić information content (AvgIpc) is 1.86. The van der Waals surface area contributed by atoms with Crippen LogP contribution in [0.1, 0.15) is 39.5 Å². The number of carbonyl (C=O) groups is 2. The molecule has 0 saturated heterocycles. The summed E-state index contributed by atoms with van der Waals surface area (Å²) in [6, 6.07) is 0. The van der Waals surface area contributed by atoms with Gasteiger partial charge in [-0.1, -0.05) is 19.8 Å². The van der Waals surface area contributed by atoms with Gasteiger partial charge in [-0.2, -0.15) is 0 Å². The van der Waals surface area contributed by atoms with Crippen LogP contribution in [-0.2, 0) is 9.59 Å². The number of hydrogen-bond acceptors (Lipinski definition) is 2.